The summed E-state index contributed by atoms with van der Waals surface area (Å²) < 4.78 is 0. The highest BCUT2D eigenvalue weighted by Crippen LogP contribution is 2.22. The molecule has 0 heteroatoms. The van der Waals surface area contributed by atoms with E-state index in [4.69, 9.17) is 0 Å². The molecule has 0 N–H and O–H groups in total. The van der Waals surface area contributed by atoms with E-state index in [9.17, 15) is 0 Å². The second-order valence-corrected chi connectivity index (χ2v) is 3.14. The predicted molar refractivity (Wildman–Crippen MR) is 49.4 cm³/mol. The maximum absolute atomic E-state index is 3.55. The lowest BCUT2D eigenvalue weighted by Crippen LogP contribution is -2.01. The van der Waals surface area contributed by atoms with Gasteiger partial charge in [-0.1, -0.05) is 18.7 Å². The highest BCUT2D eigenvalue weighted by Gasteiger charge is 2.07. The van der Waals surface area contributed by atoms with Gasteiger partial charge in [0.25, 0.3) is 0 Å². The molecular formula is C11H16. The molecule has 0 amide bonds. The lowest BCUT2D eigenvalue weighted by Gasteiger charge is -2.15. The van der Waals surface area contributed by atoms with Gasteiger partial charge in [0.2, 0.25) is 0 Å². The summed E-state index contributed by atoms with van der Waals surface area (Å²) in [5.74, 6) is 0.921. The average Bonchev–Trinajstić information content (AvgIpc) is 2.07. The molecule has 0 fully saturated rings. The van der Waals surface area contributed by atoms with E-state index in [1.807, 2.05) is 6.08 Å². The third-order valence-electron chi connectivity index (χ3n) is 2.24. The first-order valence-corrected chi connectivity index (χ1v) is 4.43. The van der Waals surface area contributed by atoms with Crippen LogP contribution in [0.4, 0.5) is 0 Å². The van der Waals surface area contributed by atoms with Crippen molar-refractivity contribution in [1.82, 2.24) is 0 Å². The van der Waals surface area contributed by atoms with Crippen LogP contribution in [0.3, 0.4) is 0 Å². The standard InChI is InChI=1S/C11H16/c1-2-3-5-8-11-9-6-4-7-10-11/h3-4,6,11H,1,5,7-10H2. The van der Waals surface area contributed by atoms with E-state index in [-0.39, 0.29) is 0 Å². The lowest BCUT2D eigenvalue weighted by molar-refractivity contribution is 0.449. The van der Waals surface area contributed by atoms with E-state index in [0.717, 1.165) is 12.3 Å². The Balaban J connectivity index is 2.16. The average molecular weight is 148 g/mol. The lowest BCUT2D eigenvalue weighted by atomic mass is 9.90. The molecule has 1 aliphatic rings. The molecule has 0 heterocycles. The Morgan fingerprint density at radius 1 is 1.55 bits per heavy atom. The minimum absolute atomic E-state index is 0.921. The summed E-state index contributed by atoms with van der Waals surface area (Å²) in [7, 11) is 0. The smallest absolute Gasteiger partial charge is 0.0272 e. The number of rotatable bonds is 3. The third-order valence-corrected chi connectivity index (χ3v) is 2.24. The topological polar surface area (TPSA) is 0 Å². The molecule has 1 atom stereocenters. The van der Waals surface area contributed by atoms with E-state index < -0.39 is 0 Å². The van der Waals surface area contributed by atoms with Crippen LogP contribution in [0.15, 0.2) is 30.5 Å². The molecule has 1 rings (SSSR count). The molecule has 0 aliphatic heterocycles. The summed E-state index contributed by atoms with van der Waals surface area (Å²) >= 11 is 0. The largest absolute Gasteiger partial charge is 0.133 e. The van der Waals surface area contributed by atoms with Crippen molar-refractivity contribution in [2.24, 2.45) is 5.92 Å². The minimum atomic E-state index is 0.921. The molecule has 1 aliphatic carbocycles. The molecule has 1 unspecified atom stereocenters. The molecule has 60 valence electrons. The van der Waals surface area contributed by atoms with Gasteiger partial charge in [-0.2, -0.15) is 0 Å². The molecule has 0 aromatic heterocycles. The van der Waals surface area contributed by atoms with Crippen LogP contribution in [0.1, 0.15) is 32.1 Å². The van der Waals surface area contributed by atoms with Gasteiger partial charge in [0.05, 0.1) is 0 Å². The van der Waals surface area contributed by atoms with E-state index in [1.54, 1.807) is 0 Å². The summed E-state index contributed by atoms with van der Waals surface area (Å²) in [6.07, 6.45) is 13.0. The van der Waals surface area contributed by atoms with Crippen molar-refractivity contribution in [2.45, 2.75) is 32.1 Å². The van der Waals surface area contributed by atoms with Gasteiger partial charge in [0.1, 0.15) is 0 Å². The van der Waals surface area contributed by atoms with Crippen molar-refractivity contribution in [2.75, 3.05) is 0 Å². The van der Waals surface area contributed by atoms with E-state index in [1.165, 1.54) is 25.7 Å². The molecule has 0 saturated carbocycles. The van der Waals surface area contributed by atoms with E-state index in [2.05, 4.69) is 24.5 Å². The van der Waals surface area contributed by atoms with Crippen LogP contribution in [-0.2, 0) is 0 Å². The van der Waals surface area contributed by atoms with E-state index >= 15 is 0 Å². The van der Waals surface area contributed by atoms with Crippen LogP contribution in [0.25, 0.3) is 0 Å². The van der Waals surface area contributed by atoms with Gasteiger partial charge in [0.15, 0.2) is 0 Å². The normalized spacial score (nSPS) is 22.7. The predicted octanol–water partition coefficient (Wildman–Crippen LogP) is 3.46. The minimum Gasteiger partial charge on any atom is -0.133 e. The first-order chi connectivity index (χ1) is 5.43. The first kappa shape index (κ1) is 8.36. The Kier molecular flexibility index (Phi) is 3.79. The SMILES string of the molecule is C=C=CCCC1CC=CCC1. The van der Waals surface area contributed by atoms with Crippen molar-refractivity contribution >= 4 is 0 Å². The monoisotopic (exact) mass is 148 g/mol. The number of allylic oxidation sites excluding steroid dienone is 3. The second-order valence-electron chi connectivity index (χ2n) is 3.14. The number of hydrogen-bond donors (Lipinski definition) is 0. The highest BCUT2D eigenvalue weighted by atomic mass is 14.1. The molecule has 0 aromatic carbocycles. The van der Waals surface area contributed by atoms with Crippen LogP contribution < -0.4 is 0 Å². The fourth-order valence-corrected chi connectivity index (χ4v) is 1.54. The molecule has 0 nitrogen and oxygen atoms in total. The van der Waals surface area contributed by atoms with Gasteiger partial charge < -0.3 is 0 Å². The molecule has 0 spiro atoms. The van der Waals surface area contributed by atoms with Gasteiger partial charge in [-0.3, -0.25) is 0 Å². The fraction of sp³-hybridized carbons (Fsp3) is 0.545. The van der Waals surface area contributed by atoms with Gasteiger partial charge >= 0.3 is 0 Å². The molecule has 11 heavy (non-hydrogen) atoms. The zero-order valence-electron chi connectivity index (χ0n) is 7.05. The first-order valence-electron chi connectivity index (χ1n) is 4.43. The Morgan fingerprint density at radius 2 is 2.45 bits per heavy atom. The molecule has 0 bridgehead atoms. The van der Waals surface area contributed by atoms with Crippen molar-refractivity contribution in [3.05, 3.63) is 30.5 Å². The maximum atomic E-state index is 3.55. The summed E-state index contributed by atoms with van der Waals surface area (Å²) in [6.45, 7) is 3.55. The van der Waals surface area contributed by atoms with Gasteiger partial charge in [-0.05, 0) is 44.1 Å². The Labute approximate surface area is 69.3 Å². The summed E-state index contributed by atoms with van der Waals surface area (Å²) in [6, 6.07) is 0. The zero-order valence-corrected chi connectivity index (χ0v) is 7.05. The Hall–Kier alpha value is -0.740. The van der Waals surface area contributed by atoms with Gasteiger partial charge in [0, 0.05) is 0 Å². The van der Waals surface area contributed by atoms with Crippen LogP contribution in [0.5, 0.6) is 0 Å². The Morgan fingerprint density at radius 3 is 3.09 bits per heavy atom. The van der Waals surface area contributed by atoms with Gasteiger partial charge in [-0.15, -0.1) is 5.73 Å². The van der Waals surface area contributed by atoms with Crippen LogP contribution >= 0.6 is 0 Å². The third kappa shape index (κ3) is 3.25. The molecule has 0 aromatic rings. The summed E-state index contributed by atoms with van der Waals surface area (Å²) in [5, 5.41) is 0. The molecule has 0 radical (unpaired) electrons. The number of hydrogen-bond acceptors (Lipinski definition) is 0. The zero-order chi connectivity index (χ0) is 7.94. The molecular weight excluding hydrogens is 132 g/mol. The summed E-state index contributed by atoms with van der Waals surface area (Å²) in [5.41, 5.74) is 2.81. The summed E-state index contributed by atoms with van der Waals surface area (Å²) in [4.78, 5) is 0. The van der Waals surface area contributed by atoms with Gasteiger partial charge in [-0.25, -0.2) is 0 Å². The molecule has 0 saturated heterocycles. The van der Waals surface area contributed by atoms with Crippen molar-refractivity contribution in [3.8, 4) is 0 Å². The van der Waals surface area contributed by atoms with Crippen LogP contribution in [-0.4, -0.2) is 0 Å². The highest BCUT2D eigenvalue weighted by molar-refractivity contribution is 4.90. The van der Waals surface area contributed by atoms with Crippen LogP contribution in [0.2, 0.25) is 0 Å². The van der Waals surface area contributed by atoms with Crippen molar-refractivity contribution < 1.29 is 0 Å². The van der Waals surface area contributed by atoms with Crippen molar-refractivity contribution in [3.63, 3.8) is 0 Å². The second kappa shape index (κ2) is 4.98. The fourth-order valence-electron chi connectivity index (χ4n) is 1.54. The van der Waals surface area contributed by atoms with E-state index in [0.29, 0.717) is 0 Å². The Bertz CT molecular complexity index is 170. The maximum Gasteiger partial charge on any atom is -0.0272 e. The van der Waals surface area contributed by atoms with Crippen LogP contribution in [0, 0.1) is 5.92 Å². The quantitative estimate of drug-likeness (QED) is 0.424. The van der Waals surface area contributed by atoms with Crippen molar-refractivity contribution in [1.29, 1.82) is 0 Å².